The molecule has 2 aromatic carbocycles. The highest BCUT2D eigenvalue weighted by atomic mass is 16.4. The molecule has 126 valence electrons. The van der Waals surface area contributed by atoms with E-state index in [9.17, 15) is 4.79 Å². The first kappa shape index (κ1) is 16.4. The first-order valence-electron chi connectivity index (χ1n) is 7.78. The summed E-state index contributed by atoms with van der Waals surface area (Å²) in [4.78, 5) is 19.3. The number of aromatic carboxylic acids is 1. The van der Waals surface area contributed by atoms with Crippen molar-refractivity contribution in [1.82, 2.24) is 9.97 Å². The smallest absolute Gasteiger partial charge is 0.335 e. The summed E-state index contributed by atoms with van der Waals surface area (Å²) >= 11 is 0. The summed E-state index contributed by atoms with van der Waals surface area (Å²) in [6.45, 7) is 4.10. The Morgan fingerprint density at radius 1 is 0.920 bits per heavy atom. The van der Waals surface area contributed by atoms with Crippen molar-refractivity contribution in [3.05, 3.63) is 71.5 Å². The number of aromatic nitrogens is 2. The van der Waals surface area contributed by atoms with Gasteiger partial charge in [-0.2, -0.15) is 0 Å². The van der Waals surface area contributed by atoms with Gasteiger partial charge in [0.2, 0.25) is 0 Å². The Bertz CT molecular complexity index is 908. The molecule has 0 radical (unpaired) electrons. The summed E-state index contributed by atoms with van der Waals surface area (Å²) in [5, 5.41) is 15.3. The molecule has 0 amide bonds. The number of anilines is 4. The molecule has 0 aliphatic heterocycles. The molecule has 6 nitrogen and oxygen atoms in total. The molecule has 0 saturated heterocycles. The van der Waals surface area contributed by atoms with Crippen molar-refractivity contribution in [1.29, 1.82) is 0 Å². The number of carboxylic acid groups (broad SMARTS) is 1. The molecule has 0 bridgehead atoms. The van der Waals surface area contributed by atoms with Crippen LogP contribution in [0.4, 0.5) is 23.0 Å². The van der Waals surface area contributed by atoms with Gasteiger partial charge in [0.05, 0.1) is 5.56 Å². The van der Waals surface area contributed by atoms with Gasteiger partial charge in [-0.3, -0.25) is 0 Å². The number of carbonyl (C=O) groups is 1. The minimum absolute atomic E-state index is 0.241. The first-order chi connectivity index (χ1) is 12.0. The topological polar surface area (TPSA) is 87.1 Å². The summed E-state index contributed by atoms with van der Waals surface area (Å²) in [5.41, 5.74) is 4.32. The Hall–Kier alpha value is -3.41. The van der Waals surface area contributed by atoms with E-state index in [1.54, 1.807) is 30.3 Å². The Balaban J connectivity index is 1.76. The third-order valence-corrected chi connectivity index (χ3v) is 3.72. The second-order valence-corrected chi connectivity index (χ2v) is 5.74. The van der Waals surface area contributed by atoms with Crippen molar-refractivity contribution in [2.24, 2.45) is 0 Å². The number of aryl methyl sites for hydroxylation is 2. The molecule has 0 saturated carbocycles. The Morgan fingerprint density at radius 2 is 1.60 bits per heavy atom. The average molecular weight is 334 g/mol. The van der Waals surface area contributed by atoms with Crippen LogP contribution < -0.4 is 10.6 Å². The van der Waals surface area contributed by atoms with Gasteiger partial charge in [0.1, 0.15) is 18.0 Å². The monoisotopic (exact) mass is 334 g/mol. The lowest BCUT2D eigenvalue weighted by atomic mass is 10.1. The van der Waals surface area contributed by atoms with Crippen LogP contribution in [0.3, 0.4) is 0 Å². The predicted molar refractivity (Wildman–Crippen MR) is 97.9 cm³/mol. The molecule has 25 heavy (non-hydrogen) atoms. The second-order valence-electron chi connectivity index (χ2n) is 5.74. The number of rotatable bonds is 5. The number of hydrogen-bond donors (Lipinski definition) is 3. The molecule has 0 aliphatic carbocycles. The number of benzene rings is 2. The van der Waals surface area contributed by atoms with Crippen molar-refractivity contribution in [2.75, 3.05) is 10.6 Å². The van der Waals surface area contributed by atoms with Crippen LogP contribution in [0, 0.1) is 13.8 Å². The molecule has 1 aromatic heterocycles. The second kappa shape index (κ2) is 7.00. The number of nitrogens with zero attached hydrogens (tertiary/aromatic N) is 2. The molecule has 0 unspecified atom stereocenters. The zero-order valence-corrected chi connectivity index (χ0v) is 13.9. The van der Waals surface area contributed by atoms with E-state index >= 15 is 0 Å². The lowest BCUT2D eigenvalue weighted by Gasteiger charge is -2.11. The van der Waals surface area contributed by atoms with Gasteiger partial charge in [-0.15, -0.1) is 0 Å². The summed E-state index contributed by atoms with van der Waals surface area (Å²) < 4.78 is 0. The maximum absolute atomic E-state index is 10.9. The van der Waals surface area contributed by atoms with Gasteiger partial charge in [-0.25, -0.2) is 14.8 Å². The summed E-state index contributed by atoms with van der Waals surface area (Å²) in [7, 11) is 0. The molecule has 3 aromatic rings. The molecule has 0 aliphatic rings. The largest absolute Gasteiger partial charge is 0.478 e. The molecular weight excluding hydrogens is 316 g/mol. The van der Waals surface area contributed by atoms with Crippen LogP contribution in [0.2, 0.25) is 0 Å². The van der Waals surface area contributed by atoms with E-state index in [0.717, 1.165) is 16.9 Å². The highest BCUT2D eigenvalue weighted by Gasteiger charge is 2.05. The highest BCUT2D eigenvalue weighted by molar-refractivity contribution is 5.88. The van der Waals surface area contributed by atoms with Crippen molar-refractivity contribution >= 4 is 29.0 Å². The predicted octanol–water partition coefficient (Wildman–Crippen LogP) is 4.28. The van der Waals surface area contributed by atoms with Crippen LogP contribution in [0.5, 0.6) is 0 Å². The normalized spacial score (nSPS) is 10.3. The molecule has 3 N–H and O–H groups in total. The van der Waals surface area contributed by atoms with Crippen LogP contribution in [-0.4, -0.2) is 21.0 Å². The quantitative estimate of drug-likeness (QED) is 0.645. The Labute approximate surface area is 145 Å². The van der Waals surface area contributed by atoms with E-state index in [-0.39, 0.29) is 5.56 Å². The number of hydrogen-bond acceptors (Lipinski definition) is 5. The molecule has 0 fully saturated rings. The fourth-order valence-corrected chi connectivity index (χ4v) is 2.43. The van der Waals surface area contributed by atoms with Gasteiger partial charge in [-0.1, -0.05) is 17.7 Å². The average Bonchev–Trinajstić information content (AvgIpc) is 2.58. The summed E-state index contributed by atoms with van der Waals surface area (Å²) in [6, 6.07) is 14.4. The van der Waals surface area contributed by atoms with Gasteiger partial charge in [0.15, 0.2) is 0 Å². The summed E-state index contributed by atoms with van der Waals surface area (Å²) in [5.74, 6) is 0.338. The van der Waals surface area contributed by atoms with E-state index < -0.39 is 5.97 Å². The van der Waals surface area contributed by atoms with E-state index in [1.165, 1.54) is 11.9 Å². The van der Waals surface area contributed by atoms with Crippen molar-refractivity contribution in [3.63, 3.8) is 0 Å². The molecule has 3 rings (SSSR count). The SMILES string of the molecule is Cc1ccc(Nc2cc(Nc3ccc(C(=O)O)cc3)ncn2)c(C)c1. The molecule has 1 heterocycles. The number of carboxylic acids is 1. The van der Waals surface area contributed by atoms with Crippen LogP contribution in [0.1, 0.15) is 21.5 Å². The Morgan fingerprint density at radius 3 is 2.24 bits per heavy atom. The fraction of sp³-hybridized carbons (Fsp3) is 0.105. The van der Waals surface area contributed by atoms with E-state index in [1.807, 2.05) is 19.1 Å². The minimum atomic E-state index is -0.950. The molecule has 0 atom stereocenters. The first-order valence-corrected chi connectivity index (χ1v) is 7.78. The van der Waals surface area contributed by atoms with Gasteiger partial charge < -0.3 is 15.7 Å². The third kappa shape index (κ3) is 4.11. The van der Waals surface area contributed by atoms with Crippen LogP contribution in [0.25, 0.3) is 0 Å². The zero-order chi connectivity index (χ0) is 17.8. The van der Waals surface area contributed by atoms with E-state index in [0.29, 0.717) is 11.6 Å². The van der Waals surface area contributed by atoms with E-state index in [4.69, 9.17) is 5.11 Å². The molecule has 6 heteroatoms. The lowest BCUT2D eigenvalue weighted by Crippen LogP contribution is -2.00. The fourth-order valence-electron chi connectivity index (χ4n) is 2.43. The maximum atomic E-state index is 10.9. The van der Waals surface area contributed by atoms with Crippen LogP contribution in [-0.2, 0) is 0 Å². The third-order valence-electron chi connectivity index (χ3n) is 3.72. The van der Waals surface area contributed by atoms with Crippen LogP contribution >= 0.6 is 0 Å². The number of nitrogens with one attached hydrogen (secondary N) is 2. The van der Waals surface area contributed by atoms with E-state index in [2.05, 4.69) is 33.6 Å². The van der Waals surface area contributed by atoms with Gasteiger partial charge in [-0.05, 0) is 49.7 Å². The van der Waals surface area contributed by atoms with Crippen molar-refractivity contribution < 1.29 is 9.90 Å². The highest BCUT2D eigenvalue weighted by Crippen LogP contribution is 2.22. The standard InChI is InChI=1S/C19H18N4O2/c1-12-3-8-16(13(2)9-12)23-18-10-17(20-11-21-18)22-15-6-4-14(5-7-15)19(24)25/h3-11H,1-2H3,(H,24,25)(H2,20,21,22,23). The summed E-state index contributed by atoms with van der Waals surface area (Å²) in [6.07, 6.45) is 1.47. The van der Waals surface area contributed by atoms with Crippen LogP contribution in [0.15, 0.2) is 54.9 Å². The Kier molecular flexibility index (Phi) is 4.61. The van der Waals surface area contributed by atoms with Gasteiger partial charge >= 0.3 is 5.97 Å². The molecular formula is C19H18N4O2. The van der Waals surface area contributed by atoms with Crippen molar-refractivity contribution in [3.8, 4) is 0 Å². The van der Waals surface area contributed by atoms with Gasteiger partial charge in [0, 0.05) is 17.4 Å². The zero-order valence-electron chi connectivity index (χ0n) is 13.9. The maximum Gasteiger partial charge on any atom is 0.335 e. The lowest BCUT2D eigenvalue weighted by molar-refractivity contribution is 0.0697. The minimum Gasteiger partial charge on any atom is -0.478 e. The molecule has 0 spiro atoms. The van der Waals surface area contributed by atoms with Crippen molar-refractivity contribution in [2.45, 2.75) is 13.8 Å². The van der Waals surface area contributed by atoms with Gasteiger partial charge in [0.25, 0.3) is 0 Å².